The van der Waals surface area contributed by atoms with Gasteiger partial charge in [0.25, 0.3) is 10.1 Å². The predicted molar refractivity (Wildman–Crippen MR) is 44.8 cm³/mol. The maximum absolute atomic E-state index is 10.7. The predicted octanol–water partition coefficient (Wildman–Crippen LogP) is 1.70. The Bertz CT molecular complexity index is 397. The molecule has 0 saturated carbocycles. The van der Waals surface area contributed by atoms with Gasteiger partial charge in [-0.05, 0) is 18.6 Å². The van der Waals surface area contributed by atoms with Crippen LogP contribution in [0.1, 0.15) is 5.56 Å². The Morgan fingerprint density at radius 2 is 2.17 bits per heavy atom. The number of benzene rings is 1. The Balaban J connectivity index is 3.47. The maximum Gasteiger partial charge on any atom is 0.294 e. The van der Waals surface area contributed by atoms with E-state index in [0.717, 1.165) is 0 Å². The summed E-state index contributed by atoms with van der Waals surface area (Å²) >= 11 is 5.59. The molecule has 0 aliphatic carbocycles. The Labute approximate surface area is 75.7 Å². The summed E-state index contributed by atoms with van der Waals surface area (Å²) in [6, 6.07) is 5.19. The minimum absolute atomic E-state index is 0.175. The molecule has 0 heterocycles. The normalized spacial score (nSPS) is 11.6. The molecule has 1 aromatic carbocycles. The zero-order valence-corrected chi connectivity index (χ0v) is 7.78. The van der Waals surface area contributed by atoms with Gasteiger partial charge in [0.05, 0.1) is 9.92 Å². The van der Waals surface area contributed by atoms with Gasteiger partial charge in [-0.2, -0.15) is 8.42 Å². The molecule has 0 bridgehead atoms. The summed E-state index contributed by atoms with van der Waals surface area (Å²) in [6.07, 6.45) is 0. The van der Waals surface area contributed by atoms with Gasteiger partial charge in [-0.15, -0.1) is 0 Å². The first kappa shape index (κ1) is 9.51. The van der Waals surface area contributed by atoms with E-state index < -0.39 is 10.1 Å². The van der Waals surface area contributed by atoms with Gasteiger partial charge in [-0.1, -0.05) is 17.7 Å². The zero-order valence-electron chi connectivity index (χ0n) is 6.20. The smallest absolute Gasteiger partial charge is 0.282 e. The van der Waals surface area contributed by atoms with Gasteiger partial charge in [0.15, 0.2) is 0 Å². The van der Waals surface area contributed by atoms with Gasteiger partial charge in [-0.25, -0.2) is 0 Å². The molecule has 0 aliphatic rings. The molecule has 0 saturated heterocycles. The molecule has 0 atom stereocenters. The number of halogens is 1. The molecule has 0 amide bonds. The summed E-state index contributed by atoms with van der Waals surface area (Å²) in [5, 5.41) is 0.199. The van der Waals surface area contributed by atoms with E-state index in [2.05, 4.69) is 6.07 Å². The van der Waals surface area contributed by atoms with Crippen molar-refractivity contribution in [3.05, 3.63) is 28.8 Å². The second kappa shape index (κ2) is 3.05. The van der Waals surface area contributed by atoms with Crippen molar-refractivity contribution < 1.29 is 13.0 Å². The fourth-order valence-electron chi connectivity index (χ4n) is 0.811. The second-order valence-electron chi connectivity index (χ2n) is 2.26. The molecule has 0 aliphatic heterocycles. The average molecular weight is 206 g/mol. The van der Waals surface area contributed by atoms with Crippen LogP contribution < -0.4 is 0 Å². The number of hydrogen-bond donors (Lipinski definition) is 1. The van der Waals surface area contributed by atoms with Crippen molar-refractivity contribution >= 4 is 21.7 Å². The van der Waals surface area contributed by atoms with E-state index in [1.165, 1.54) is 19.1 Å². The molecule has 1 radical (unpaired) electrons. The van der Waals surface area contributed by atoms with Crippen LogP contribution in [0.3, 0.4) is 0 Å². The van der Waals surface area contributed by atoms with Gasteiger partial charge in [0.2, 0.25) is 0 Å². The van der Waals surface area contributed by atoms with Crippen LogP contribution in [0.2, 0.25) is 5.02 Å². The third kappa shape index (κ3) is 1.77. The number of hydrogen-bond acceptors (Lipinski definition) is 2. The highest BCUT2D eigenvalue weighted by Crippen LogP contribution is 2.21. The van der Waals surface area contributed by atoms with Gasteiger partial charge in [-0.3, -0.25) is 4.55 Å². The third-order valence-electron chi connectivity index (χ3n) is 1.42. The maximum atomic E-state index is 10.7. The zero-order chi connectivity index (χ0) is 9.35. The minimum atomic E-state index is -4.16. The van der Waals surface area contributed by atoms with Crippen molar-refractivity contribution in [3.8, 4) is 0 Å². The first-order chi connectivity index (χ1) is 5.43. The monoisotopic (exact) mass is 205 g/mol. The Morgan fingerprint density at radius 1 is 1.58 bits per heavy atom. The molecule has 3 nitrogen and oxygen atoms in total. The van der Waals surface area contributed by atoms with E-state index in [1.54, 1.807) is 0 Å². The van der Waals surface area contributed by atoms with Crippen molar-refractivity contribution in [1.82, 2.24) is 0 Å². The standard InChI is InChI=1S/C7H6ClO3S/c1-5-6(8)3-2-4-7(5)12(9,10)11/h2,4H,1H3,(H,9,10,11). The molecule has 1 N–H and O–H groups in total. The van der Waals surface area contributed by atoms with E-state index in [4.69, 9.17) is 16.2 Å². The SMILES string of the molecule is Cc1c(Cl)[c]ccc1S(=O)(=O)O. The summed E-state index contributed by atoms with van der Waals surface area (Å²) < 4.78 is 30.1. The van der Waals surface area contributed by atoms with E-state index in [9.17, 15) is 8.42 Å². The van der Waals surface area contributed by atoms with Crippen LogP contribution in [0.25, 0.3) is 0 Å². The van der Waals surface area contributed by atoms with Gasteiger partial charge < -0.3 is 0 Å². The summed E-state index contributed by atoms with van der Waals surface area (Å²) in [6.45, 7) is 1.50. The van der Waals surface area contributed by atoms with Crippen molar-refractivity contribution in [2.45, 2.75) is 11.8 Å². The molecule has 1 rings (SSSR count). The van der Waals surface area contributed by atoms with E-state index >= 15 is 0 Å². The van der Waals surface area contributed by atoms with Crippen LogP contribution in [0, 0.1) is 13.0 Å². The molecular formula is C7H6ClO3S. The molecule has 65 valence electrons. The molecule has 1 aromatic rings. The topological polar surface area (TPSA) is 54.4 Å². The van der Waals surface area contributed by atoms with Crippen LogP contribution in [-0.2, 0) is 10.1 Å². The molecular weight excluding hydrogens is 200 g/mol. The molecule has 0 spiro atoms. The van der Waals surface area contributed by atoms with Crippen LogP contribution >= 0.6 is 11.6 Å². The lowest BCUT2D eigenvalue weighted by Gasteiger charge is -2.02. The Morgan fingerprint density at radius 3 is 2.58 bits per heavy atom. The van der Waals surface area contributed by atoms with Crippen LogP contribution in [-0.4, -0.2) is 13.0 Å². The second-order valence-corrected chi connectivity index (χ2v) is 4.02. The Hall–Kier alpha value is -0.580. The first-order valence-corrected chi connectivity index (χ1v) is 4.89. The van der Waals surface area contributed by atoms with E-state index in [-0.39, 0.29) is 9.92 Å². The van der Waals surface area contributed by atoms with Crippen LogP contribution in [0.4, 0.5) is 0 Å². The van der Waals surface area contributed by atoms with E-state index in [1.807, 2.05) is 0 Å². The summed E-state index contributed by atoms with van der Waals surface area (Å²) in [4.78, 5) is -0.175. The van der Waals surface area contributed by atoms with Crippen molar-refractivity contribution in [2.75, 3.05) is 0 Å². The highest BCUT2D eigenvalue weighted by molar-refractivity contribution is 7.85. The molecule has 5 heteroatoms. The molecule has 0 unspecified atom stereocenters. The van der Waals surface area contributed by atoms with Crippen molar-refractivity contribution in [3.63, 3.8) is 0 Å². The lowest BCUT2D eigenvalue weighted by atomic mass is 10.2. The molecule has 0 aromatic heterocycles. The van der Waals surface area contributed by atoms with Crippen LogP contribution in [0.15, 0.2) is 17.0 Å². The lowest BCUT2D eigenvalue weighted by Crippen LogP contribution is -2.00. The lowest BCUT2D eigenvalue weighted by molar-refractivity contribution is 0.482. The van der Waals surface area contributed by atoms with Gasteiger partial charge in [0.1, 0.15) is 0 Å². The molecule has 0 fully saturated rings. The quantitative estimate of drug-likeness (QED) is 0.710. The highest BCUT2D eigenvalue weighted by atomic mass is 35.5. The summed E-state index contributed by atoms with van der Waals surface area (Å²) in [7, 11) is -4.16. The fraction of sp³-hybridized carbons (Fsp3) is 0.143. The summed E-state index contributed by atoms with van der Waals surface area (Å²) in [5.41, 5.74) is 0.307. The van der Waals surface area contributed by atoms with Crippen molar-refractivity contribution in [1.29, 1.82) is 0 Å². The largest absolute Gasteiger partial charge is 0.294 e. The molecule has 12 heavy (non-hydrogen) atoms. The average Bonchev–Trinajstić information content (AvgIpc) is 1.92. The minimum Gasteiger partial charge on any atom is -0.282 e. The van der Waals surface area contributed by atoms with Crippen molar-refractivity contribution in [2.24, 2.45) is 0 Å². The van der Waals surface area contributed by atoms with E-state index in [0.29, 0.717) is 5.56 Å². The van der Waals surface area contributed by atoms with Gasteiger partial charge >= 0.3 is 0 Å². The van der Waals surface area contributed by atoms with Gasteiger partial charge in [0, 0.05) is 6.07 Å². The first-order valence-electron chi connectivity index (χ1n) is 3.07. The Kier molecular flexibility index (Phi) is 2.41. The number of rotatable bonds is 1. The highest BCUT2D eigenvalue weighted by Gasteiger charge is 2.13. The third-order valence-corrected chi connectivity index (χ3v) is 2.81. The summed E-state index contributed by atoms with van der Waals surface area (Å²) in [5.74, 6) is 0. The fourth-order valence-corrected chi connectivity index (χ4v) is 1.76. The van der Waals surface area contributed by atoms with Crippen LogP contribution in [0.5, 0.6) is 0 Å².